The number of hydrogen-bond donors (Lipinski definition) is 3. The molecule has 6 rings (SSSR count). The Morgan fingerprint density at radius 2 is 1.73 bits per heavy atom. The highest BCUT2D eigenvalue weighted by molar-refractivity contribution is 6.01. The van der Waals surface area contributed by atoms with Crippen molar-refractivity contribution in [2.45, 2.75) is 34.1 Å². The van der Waals surface area contributed by atoms with Gasteiger partial charge in [-0.3, -0.25) is 19.9 Å². The lowest BCUT2D eigenvalue weighted by molar-refractivity contribution is -0.117. The Morgan fingerprint density at radius 3 is 2.52 bits per heavy atom. The number of nitrogens with one attached hydrogen (secondary N) is 3. The monoisotopic (exact) mass is 532 g/mol. The maximum atomic E-state index is 14.2. The first-order valence-corrected chi connectivity index (χ1v) is 13.1. The molecule has 0 saturated carbocycles. The van der Waals surface area contributed by atoms with Gasteiger partial charge in [-0.2, -0.15) is 5.10 Å². The van der Waals surface area contributed by atoms with Crippen molar-refractivity contribution in [1.29, 1.82) is 0 Å². The number of hydrogen-bond acceptors (Lipinski definition) is 4. The Morgan fingerprint density at radius 1 is 0.900 bits per heavy atom. The lowest BCUT2D eigenvalue weighted by Gasteiger charge is -2.17. The zero-order valence-corrected chi connectivity index (χ0v) is 22.8. The second kappa shape index (κ2) is 9.72. The minimum Gasteiger partial charge on any atom is -0.353 e. The van der Waals surface area contributed by atoms with Gasteiger partial charge in [0.05, 0.1) is 28.8 Å². The molecular formula is C32H29FN6O. The minimum absolute atomic E-state index is 0.0416. The van der Waals surface area contributed by atoms with E-state index in [4.69, 9.17) is 0 Å². The van der Waals surface area contributed by atoms with Gasteiger partial charge in [0.15, 0.2) is 0 Å². The van der Waals surface area contributed by atoms with E-state index in [0.717, 1.165) is 55.4 Å². The van der Waals surface area contributed by atoms with E-state index in [1.54, 1.807) is 18.6 Å². The Labute approximate surface area is 230 Å². The van der Waals surface area contributed by atoms with Gasteiger partial charge >= 0.3 is 0 Å². The molecule has 0 aliphatic heterocycles. The van der Waals surface area contributed by atoms with Crippen LogP contribution in [0.3, 0.4) is 0 Å². The first kappa shape index (κ1) is 25.4. The fourth-order valence-electron chi connectivity index (χ4n) is 5.04. The molecule has 4 heterocycles. The number of aryl methyl sites for hydroxylation is 1. The smallest absolute Gasteiger partial charge is 0.224 e. The summed E-state index contributed by atoms with van der Waals surface area (Å²) in [7, 11) is 0. The lowest BCUT2D eigenvalue weighted by Crippen LogP contribution is -2.19. The minimum atomic E-state index is -0.289. The van der Waals surface area contributed by atoms with Gasteiger partial charge in [-0.15, -0.1) is 0 Å². The van der Waals surface area contributed by atoms with E-state index in [2.05, 4.69) is 36.5 Å². The number of amides is 1. The van der Waals surface area contributed by atoms with E-state index in [-0.39, 0.29) is 17.1 Å². The van der Waals surface area contributed by atoms with Crippen LogP contribution in [0.15, 0.2) is 73.2 Å². The summed E-state index contributed by atoms with van der Waals surface area (Å²) >= 11 is 0. The summed E-state index contributed by atoms with van der Waals surface area (Å²) in [5.41, 5.74) is 8.01. The van der Waals surface area contributed by atoms with Crippen LogP contribution >= 0.6 is 0 Å². The van der Waals surface area contributed by atoms with Crippen molar-refractivity contribution in [2.24, 2.45) is 5.41 Å². The Balaban J connectivity index is 1.37. The standard InChI is InChI=1S/C32H29FN6O/c1-18-9-20(11-22(33)10-18)30-25-14-28(37-26(25)7-8-35-30)31-24-13-19(5-6-27(24)38-39-31)21-12-23(17-34-16-21)36-29(40)15-32(2,3)4/h5-14,16-17,37H,15H2,1-4H3,(H,36,40)(H,38,39). The fourth-order valence-corrected chi connectivity index (χ4v) is 5.04. The third-order valence-electron chi connectivity index (χ3n) is 6.73. The highest BCUT2D eigenvalue weighted by Crippen LogP contribution is 2.35. The molecule has 0 spiro atoms. The van der Waals surface area contributed by atoms with Crippen LogP contribution in [0.2, 0.25) is 0 Å². The fraction of sp³-hybridized carbons (Fsp3) is 0.188. The molecule has 6 aromatic rings. The molecule has 1 amide bonds. The van der Waals surface area contributed by atoms with Crippen LogP contribution in [-0.4, -0.2) is 31.1 Å². The lowest BCUT2D eigenvalue weighted by atomic mass is 9.92. The second-order valence-corrected chi connectivity index (χ2v) is 11.4. The number of nitrogens with zero attached hydrogens (tertiary/aromatic N) is 3. The maximum Gasteiger partial charge on any atom is 0.224 e. The average molecular weight is 533 g/mol. The number of H-pyrrole nitrogens is 2. The molecule has 0 aliphatic rings. The van der Waals surface area contributed by atoms with Crippen molar-refractivity contribution in [3.8, 4) is 33.8 Å². The number of carbonyl (C=O) groups is 1. The summed E-state index contributed by atoms with van der Waals surface area (Å²) in [5, 5.41) is 12.5. The van der Waals surface area contributed by atoms with Crippen LogP contribution in [0, 0.1) is 18.2 Å². The Bertz CT molecular complexity index is 1880. The van der Waals surface area contributed by atoms with Gasteiger partial charge in [0, 0.05) is 46.2 Å². The van der Waals surface area contributed by atoms with Crippen molar-refractivity contribution in [3.05, 3.63) is 84.6 Å². The van der Waals surface area contributed by atoms with E-state index in [9.17, 15) is 9.18 Å². The molecule has 0 fully saturated rings. The number of aromatic amines is 2. The molecule has 0 atom stereocenters. The van der Waals surface area contributed by atoms with Crippen LogP contribution in [0.4, 0.5) is 10.1 Å². The summed E-state index contributed by atoms with van der Waals surface area (Å²) in [4.78, 5) is 24.9. The van der Waals surface area contributed by atoms with Crippen LogP contribution in [0.5, 0.6) is 0 Å². The van der Waals surface area contributed by atoms with Crippen LogP contribution in [0.1, 0.15) is 32.8 Å². The van der Waals surface area contributed by atoms with Gasteiger partial charge in [0.2, 0.25) is 5.91 Å². The number of fused-ring (bicyclic) bond motifs is 2. The van der Waals surface area contributed by atoms with Crippen LogP contribution < -0.4 is 5.32 Å². The predicted molar refractivity (Wildman–Crippen MR) is 157 cm³/mol. The molecule has 200 valence electrons. The van der Waals surface area contributed by atoms with Gasteiger partial charge in [0.1, 0.15) is 11.5 Å². The number of rotatable bonds is 5. The van der Waals surface area contributed by atoms with Gasteiger partial charge in [-0.05, 0) is 72.0 Å². The molecule has 8 heteroatoms. The summed E-state index contributed by atoms with van der Waals surface area (Å²) in [6.45, 7) is 7.97. The molecule has 2 aromatic carbocycles. The molecule has 3 N–H and O–H groups in total. The highest BCUT2D eigenvalue weighted by Gasteiger charge is 2.17. The molecule has 0 aliphatic carbocycles. The summed E-state index contributed by atoms with van der Waals surface area (Å²) < 4.78 is 14.2. The first-order chi connectivity index (χ1) is 19.1. The molecule has 0 saturated heterocycles. The molecule has 7 nitrogen and oxygen atoms in total. The number of anilines is 1. The quantitative estimate of drug-likeness (QED) is 0.212. The van der Waals surface area contributed by atoms with E-state index in [1.165, 1.54) is 12.1 Å². The second-order valence-electron chi connectivity index (χ2n) is 11.4. The third kappa shape index (κ3) is 5.08. The average Bonchev–Trinajstić information content (AvgIpc) is 3.50. The summed E-state index contributed by atoms with van der Waals surface area (Å²) in [5.74, 6) is -0.331. The van der Waals surface area contributed by atoms with Crippen LogP contribution in [0.25, 0.3) is 55.6 Å². The Hall–Kier alpha value is -4.85. The molecular weight excluding hydrogens is 503 g/mol. The SMILES string of the molecule is Cc1cc(F)cc(-c2nccc3[nH]c(-c4n[nH]c5ccc(-c6cncc(NC(=O)CC(C)(C)C)c6)cc45)cc23)c1. The van der Waals surface area contributed by atoms with Crippen LogP contribution in [-0.2, 0) is 4.79 Å². The maximum absolute atomic E-state index is 14.2. The zero-order valence-electron chi connectivity index (χ0n) is 22.8. The highest BCUT2D eigenvalue weighted by atomic mass is 19.1. The van der Waals surface area contributed by atoms with Crippen molar-refractivity contribution in [2.75, 3.05) is 5.32 Å². The number of carbonyl (C=O) groups excluding carboxylic acids is 1. The number of halogens is 1. The predicted octanol–water partition coefficient (Wildman–Crippen LogP) is 7.66. The Kier molecular flexibility index (Phi) is 6.18. The van der Waals surface area contributed by atoms with Crippen molar-refractivity contribution < 1.29 is 9.18 Å². The van der Waals surface area contributed by atoms with Gasteiger partial charge in [-0.1, -0.05) is 26.8 Å². The van der Waals surface area contributed by atoms with E-state index in [1.807, 2.05) is 64.1 Å². The molecule has 4 aromatic heterocycles. The topological polar surface area (TPSA) is 99.3 Å². The largest absolute Gasteiger partial charge is 0.353 e. The number of aromatic nitrogens is 5. The number of benzene rings is 2. The van der Waals surface area contributed by atoms with Crippen molar-refractivity contribution in [1.82, 2.24) is 25.1 Å². The zero-order chi connectivity index (χ0) is 28.0. The van der Waals surface area contributed by atoms with Crippen molar-refractivity contribution in [3.63, 3.8) is 0 Å². The van der Waals surface area contributed by atoms with Crippen molar-refractivity contribution >= 4 is 33.4 Å². The molecule has 40 heavy (non-hydrogen) atoms. The normalized spacial score (nSPS) is 11.8. The first-order valence-electron chi connectivity index (χ1n) is 13.1. The van der Waals surface area contributed by atoms with E-state index < -0.39 is 0 Å². The van der Waals surface area contributed by atoms with E-state index in [0.29, 0.717) is 17.8 Å². The summed E-state index contributed by atoms with van der Waals surface area (Å²) in [6.07, 6.45) is 5.57. The molecule has 0 bridgehead atoms. The van der Waals surface area contributed by atoms with Gasteiger partial charge < -0.3 is 10.3 Å². The van der Waals surface area contributed by atoms with E-state index >= 15 is 0 Å². The van der Waals surface area contributed by atoms with Gasteiger partial charge in [-0.25, -0.2) is 4.39 Å². The number of pyridine rings is 2. The summed E-state index contributed by atoms with van der Waals surface area (Å²) in [6, 6.07) is 16.8. The molecule has 0 unspecified atom stereocenters. The third-order valence-corrected chi connectivity index (χ3v) is 6.73. The molecule has 0 radical (unpaired) electrons. The van der Waals surface area contributed by atoms with Gasteiger partial charge in [0.25, 0.3) is 0 Å².